The molecule has 1 aliphatic carbocycles. The van der Waals surface area contributed by atoms with Gasteiger partial charge in [0.05, 0.1) is 5.69 Å². The molecule has 4 aromatic rings. The van der Waals surface area contributed by atoms with Gasteiger partial charge >= 0.3 is 5.97 Å². The van der Waals surface area contributed by atoms with E-state index in [0.29, 0.717) is 28.5 Å². The number of para-hydroxylation sites is 1. The van der Waals surface area contributed by atoms with Crippen molar-refractivity contribution in [3.63, 3.8) is 0 Å². The second-order valence-corrected chi connectivity index (χ2v) is 8.53. The van der Waals surface area contributed by atoms with E-state index in [4.69, 9.17) is 9.15 Å². The quantitative estimate of drug-likeness (QED) is 0.364. The monoisotopic (exact) mass is 484 g/mol. The number of esters is 1. The molecule has 2 N–H and O–H groups in total. The zero-order valence-electron chi connectivity index (χ0n) is 19.6. The van der Waals surface area contributed by atoms with Crippen LogP contribution in [-0.2, 0) is 9.53 Å². The summed E-state index contributed by atoms with van der Waals surface area (Å²) in [6.07, 6.45) is 3.52. The maximum atomic E-state index is 12.9. The fourth-order valence-electron chi connectivity index (χ4n) is 3.62. The van der Waals surface area contributed by atoms with Gasteiger partial charge in [-0.05, 0) is 62.2 Å². The lowest BCUT2D eigenvalue weighted by atomic mass is 10.2. The van der Waals surface area contributed by atoms with Gasteiger partial charge in [-0.2, -0.15) is 5.10 Å². The Kier molecular flexibility index (Phi) is 6.36. The van der Waals surface area contributed by atoms with Crippen LogP contribution >= 0.6 is 0 Å². The molecule has 182 valence electrons. The Morgan fingerprint density at radius 1 is 1.06 bits per heavy atom. The molecule has 0 radical (unpaired) electrons. The summed E-state index contributed by atoms with van der Waals surface area (Å²) in [5.74, 6) is -0.343. The van der Waals surface area contributed by atoms with Gasteiger partial charge in [0.2, 0.25) is 0 Å². The maximum absolute atomic E-state index is 12.9. The van der Waals surface area contributed by atoms with Crippen LogP contribution in [0, 0.1) is 6.92 Å². The van der Waals surface area contributed by atoms with Crippen molar-refractivity contribution in [3.8, 4) is 17.1 Å². The predicted molar refractivity (Wildman–Crippen MR) is 132 cm³/mol. The molecule has 1 aliphatic rings. The number of hydrogen-bond acceptors (Lipinski definition) is 6. The van der Waals surface area contributed by atoms with Crippen molar-refractivity contribution >= 4 is 23.5 Å². The number of aromatic nitrogens is 2. The topological polar surface area (TPSA) is 115 Å². The number of rotatable bonds is 8. The zero-order valence-corrected chi connectivity index (χ0v) is 19.6. The zero-order chi connectivity index (χ0) is 25.1. The van der Waals surface area contributed by atoms with Crippen LogP contribution in [0.15, 0.2) is 77.3 Å². The van der Waals surface area contributed by atoms with Crippen molar-refractivity contribution in [3.05, 3.63) is 89.8 Å². The normalized spacial score (nSPS) is 12.7. The average molecular weight is 485 g/mol. The molecule has 1 saturated carbocycles. The number of amides is 2. The van der Waals surface area contributed by atoms with Crippen LogP contribution in [0.4, 0.5) is 5.69 Å². The summed E-state index contributed by atoms with van der Waals surface area (Å²) in [6.45, 7) is 1.29. The number of hydrogen-bond donors (Lipinski definition) is 2. The first-order chi connectivity index (χ1) is 17.5. The van der Waals surface area contributed by atoms with Gasteiger partial charge in [-0.3, -0.25) is 9.59 Å². The summed E-state index contributed by atoms with van der Waals surface area (Å²) in [4.78, 5) is 37.7. The average Bonchev–Trinajstić information content (AvgIpc) is 3.41. The molecule has 0 atom stereocenters. The first kappa shape index (κ1) is 23.1. The molecule has 5 rings (SSSR count). The highest BCUT2D eigenvalue weighted by molar-refractivity contribution is 6.00. The first-order valence-electron chi connectivity index (χ1n) is 11.6. The summed E-state index contributed by atoms with van der Waals surface area (Å²) >= 11 is 0. The number of anilines is 1. The van der Waals surface area contributed by atoms with Gasteiger partial charge in [0.15, 0.2) is 12.4 Å². The van der Waals surface area contributed by atoms with Crippen LogP contribution in [0.5, 0.6) is 0 Å². The number of aryl methyl sites for hydroxylation is 1. The largest absolute Gasteiger partial charge is 0.460 e. The highest BCUT2D eigenvalue weighted by Crippen LogP contribution is 2.26. The molecule has 9 heteroatoms. The van der Waals surface area contributed by atoms with Gasteiger partial charge in [-0.1, -0.05) is 24.3 Å². The van der Waals surface area contributed by atoms with Crippen LogP contribution in [0.3, 0.4) is 0 Å². The van der Waals surface area contributed by atoms with E-state index in [9.17, 15) is 14.4 Å². The minimum atomic E-state index is -0.714. The summed E-state index contributed by atoms with van der Waals surface area (Å²) in [5.41, 5.74) is 2.11. The third-order valence-corrected chi connectivity index (χ3v) is 5.58. The Morgan fingerprint density at radius 3 is 2.58 bits per heavy atom. The lowest BCUT2D eigenvalue weighted by molar-refractivity contribution is -0.119. The fraction of sp³-hybridized carbons (Fsp3) is 0.185. The Hall–Kier alpha value is -4.66. The van der Waals surface area contributed by atoms with Crippen LogP contribution in [0.1, 0.15) is 39.3 Å². The molecule has 0 spiro atoms. The molecule has 9 nitrogen and oxygen atoms in total. The molecule has 36 heavy (non-hydrogen) atoms. The van der Waals surface area contributed by atoms with E-state index in [1.165, 1.54) is 0 Å². The van der Waals surface area contributed by atoms with E-state index in [0.717, 1.165) is 18.5 Å². The van der Waals surface area contributed by atoms with Crippen molar-refractivity contribution in [1.29, 1.82) is 0 Å². The molecule has 1 fully saturated rings. The van der Waals surface area contributed by atoms with E-state index in [1.54, 1.807) is 54.2 Å². The number of benzene rings is 2. The molecular weight excluding hydrogens is 460 g/mol. The third-order valence-electron chi connectivity index (χ3n) is 5.58. The van der Waals surface area contributed by atoms with Crippen molar-refractivity contribution in [2.45, 2.75) is 25.8 Å². The van der Waals surface area contributed by atoms with Gasteiger partial charge < -0.3 is 19.8 Å². The molecule has 0 aliphatic heterocycles. The SMILES string of the molecule is Cc1ccc(-c2nn(-c3ccccc3)cc2C(=O)OCC(=O)Nc2cccc(C(=O)NC3CC3)c2)o1. The van der Waals surface area contributed by atoms with E-state index >= 15 is 0 Å². The van der Waals surface area contributed by atoms with Crippen molar-refractivity contribution in [2.75, 3.05) is 11.9 Å². The Morgan fingerprint density at radius 2 is 1.86 bits per heavy atom. The molecule has 2 amide bonds. The lowest BCUT2D eigenvalue weighted by Crippen LogP contribution is -2.25. The number of carbonyl (C=O) groups is 3. The lowest BCUT2D eigenvalue weighted by Gasteiger charge is -2.08. The van der Waals surface area contributed by atoms with E-state index in [1.807, 2.05) is 30.3 Å². The van der Waals surface area contributed by atoms with Crippen LogP contribution in [0.25, 0.3) is 17.1 Å². The van der Waals surface area contributed by atoms with Gasteiger partial charge in [0.1, 0.15) is 17.0 Å². The standard InChI is InChI=1S/C27H24N4O5/c1-17-10-13-23(36-17)25-22(15-31(30-25)21-8-3-2-4-9-21)27(34)35-16-24(32)28-20-7-5-6-18(14-20)26(33)29-19-11-12-19/h2-10,13-15,19H,11-12,16H2,1H3,(H,28,32)(H,29,33). The highest BCUT2D eigenvalue weighted by atomic mass is 16.5. The minimum Gasteiger partial charge on any atom is -0.460 e. The predicted octanol–water partition coefficient (Wildman–Crippen LogP) is 4.13. The second kappa shape index (κ2) is 9.91. The molecule has 0 unspecified atom stereocenters. The van der Waals surface area contributed by atoms with Crippen LogP contribution in [0.2, 0.25) is 0 Å². The Bertz CT molecular complexity index is 1420. The molecule has 2 aromatic heterocycles. The number of nitrogens with one attached hydrogen (secondary N) is 2. The Balaban J connectivity index is 1.27. The molecule has 2 aromatic carbocycles. The molecule has 0 saturated heterocycles. The molecule has 0 bridgehead atoms. The maximum Gasteiger partial charge on any atom is 0.342 e. The van der Waals surface area contributed by atoms with Gasteiger partial charge in [0, 0.05) is 23.5 Å². The van der Waals surface area contributed by atoms with Gasteiger partial charge in [0.25, 0.3) is 11.8 Å². The minimum absolute atomic E-state index is 0.166. The third kappa shape index (κ3) is 5.35. The molecule has 2 heterocycles. The summed E-state index contributed by atoms with van der Waals surface area (Å²) in [5, 5.41) is 10.1. The summed E-state index contributed by atoms with van der Waals surface area (Å²) in [7, 11) is 0. The number of furan rings is 1. The Labute approximate surface area is 207 Å². The van der Waals surface area contributed by atoms with Crippen molar-refractivity contribution < 1.29 is 23.5 Å². The van der Waals surface area contributed by atoms with Crippen molar-refractivity contribution in [1.82, 2.24) is 15.1 Å². The number of ether oxygens (including phenoxy) is 1. The van der Waals surface area contributed by atoms with E-state index in [2.05, 4.69) is 15.7 Å². The smallest absolute Gasteiger partial charge is 0.342 e. The number of nitrogens with zero attached hydrogens (tertiary/aromatic N) is 2. The van der Waals surface area contributed by atoms with Gasteiger partial charge in [-0.15, -0.1) is 0 Å². The number of carbonyl (C=O) groups excluding carboxylic acids is 3. The second-order valence-electron chi connectivity index (χ2n) is 8.53. The van der Waals surface area contributed by atoms with Crippen LogP contribution in [-0.4, -0.2) is 40.2 Å². The first-order valence-corrected chi connectivity index (χ1v) is 11.6. The van der Waals surface area contributed by atoms with Crippen molar-refractivity contribution in [2.24, 2.45) is 0 Å². The van der Waals surface area contributed by atoms with Gasteiger partial charge in [-0.25, -0.2) is 9.48 Å². The van der Waals surface area contributed by atoms with Crippen LogP contribution < -0.4 is 10.6 Å². The fourth-order valence-corrected chi connectivity index (χ4v) is 3.62. The van der Waals surface area contributed by atoms with E-state index in [-0.39, 0.29) is 17.5 Å². The van der Waals surface area contributed by atoms with E-state index < -0.39 is 18.5 Å². The summed E-state index contributed by atoms with van der Waals surface area (Å²) < 4.78 is 12.5. The summed E-state index contributed by atoms with van der Waals surface area (Å²) in [6, 6.07) is 19.6. The molecular formula is C27H24N4O5. The highest BCUT2D eigenvalue weighted by Gasteiger charge is 2.24.